The molecule has 1 aromatic rings. The highest BCUT2D eigenvalue weighted by Crippen LogP contribution is 2.29. The molecule has 0 bridgehead atoms. The van der Waals surface area contributed by atoms with E-state index in [0.29, 0.717) is 0 Å². The standard InChI is InChI=1S/C12H18BrFN2O2S2/c1-8(4-5-19-3)16(2)20(17,18)12-6-9(13)10(14)7-11(12)15/h6-8H,4-5,15H2,1-3H3. The fourth-order valence-corrected chi connectivity index (χ4v) is 4.21. The highest BCUT2D eigenvalue weighted by molar-refractivity contribution is 9.10. The van der Waals surface area contributed by atoms with Crippen LogP contribution in [-0.4, -0.2) is 37.8 Å². The van der Waals surface area contributed by atoms with Gasteiger partial charge in [-0.3, -0.25) is 0 Å². The van der Waals surface area contributed by atoms with Crippen molar-refractivity contribution < 1.29 is 12.8 Å². The summed E-state index contributed by atoms with van der Waals surface area (Å²) in [5.74, 6) is 0.281. The van der Waals surface area contributed by atoms with Gasteiger partial charge in [0.15, 0.2) is 0 Å². The van der Waals surface area contributed by atoms with Crippen LogP contribution in [0.25, 0.3) is 0 Å². The Morgan fingerprint density at radius 3 is 2.65 bits per heavy atom. The first-order chi connectivity index (χ1) is 9.21. The molecule has 1 atom stereocenters. The first kappa shape index (κ1) is 17.7. The van der Waals surface area contributed by atoms with Crippen molar-refractivity contribution in [2.24, 2.45) is 0 Å². The summed E-state index contributed by atoms with van der Waals surface area (Å²) < 4.78 is 39.7. The Labute approximate surface area is 132 Å². The van der Waals surface area contributed by atoms with Crippen molar-refractivity contribution in [1.82, 2.24) is 4.31 Å². The summed E-state index contributed by atoms with van der Waals surface area (Å²) in [5.41, 5.74) is 5.56. The van der Waals surface area contributed by atoms with E-state index >= 15 is 0 Å². The zero-order valence-corrected chi connectivity index (χ0v) is 14.8. The van der Waals surface area contributed by atoms with Crippen molar-refractivity contribution in [3.8, 4) is 0 Å². The number of sulfonamides is 1. The van der Waals surface area contributed by atoms with Gasteiger partial charge in [-0.25, -0.2) is 12.8 Å². The summed E-state index contributed by atoms with van der Waals surface area (Å²) >= 11 is 4.64. The molecule has 0 fully saturated rings. The van der Waals surface area contributed by atoms with Crippen LogP contribution in [0, 0.1) is 5.82 Å². The Balaban J connectivity index is 3.13. The third-order valence-corrected chi connectivity index (χ3v) is 6.35. The van der Waals surface area contributed by atoms with Gasteiger partial charge in [0.05, 0.1) is 10.2 Å². The molecule has 114 valence electrons. The van der Waals surface area contributed by atoms with Gasteiger partial charge in [0.25, 0.3) is 0 Å². The maximum absolute atomic E-state index is 13.3. The Hall–Kier alpha value is -0.310. The van der Waals surface area contributed by atoms with E-state index in [-0.39, 0.29) is 21.1 Å². The lowest BCUT2D eigenvalue weighted by atomic mass is 10.3. The average molecular weight is 385 g/mol. The number of nitrogens with zero attached hydrogens (tertiary/aromatic N) is 1. The van der Waals surface area contributed by atoms with Crippen LogP contribution >= 0.6 is 27.7 Å². The first-order valence-electron chi connectivity index (χ1n) is 5.93. The smallest absolute Gasteiger partial charge is 0.245 e. The number of benzene rings is 1. The van der Waals surface area contributed by atoms with E-state index in [0.717, 1.165) is 18.2 Å². The minimum atomic E-state index is -3.74. The normalized spacial score (nSPS) is 13.7. The maximum atomic E-state index is 13.3. The third-order valence-electron chi connectivity index (χ3n) is 3.07. The summed E-state index contributed by atoms with van der Waals surface area (Å²) in [5, 5.41) is 0. The second-order valence-electron chi connectivity index (χ2n) is 4.46. The van der Waals surface area contributed by atoms with Crippen LogP contribution < -0.4 is 5.73 Å². The Bertz CT molecular complexity index is 581. The van der Waals surface area contributed by atoms with E-state index in [1.54, 1.807) is 11.8 Å². The van der Waals surface area contributed by atoms with Crippen LogP contribution in [0.2, 0.25) is 0 Å². The van der Waals surface area contributed by atoms with E-state index in [1.807, 2.05) is 13.2 Å². The van der Waals surface area contributed by atoms with Gasteiger partial charge in [-0.15, -0.1) is 0 Å². The molecule has 0 aliphatic heterocycles. The van der Waals surface area contributed by atoms with Gasteiger partial charge in [0, 0.05) is 13.1 Å². The molecule has 1 unspecified atom stereocenters. The largest absolute Gasteiger partial charge is 0.398 e. The summed E-state index contributed by atoms with van der Waals surface area (Å²) in [6.07, 6.45) is 2.70. The number of hydrogen-bond acceptors (Lipinski definition) is 4. The molecule has 1 rings (SSSR count). The van der Waals surface area contributed by atoms with Crippen molar-refractivity contribution in [3.63, 3.8) is 0 Å². The van der Waals surface area contributed by atoms with Crippen LogP contribution in [0.3, 0.4) is 0 Å². The van der Waals surface area contributed by atoms with Gasteiger partial charge in [0.2, 0.25) is 10.0 Å². The van der Waals surface area contributed by atoms with Crippen molar-refractivity contribution in [3.05, 3.63) is 22.4 Å². The Morgan fingerprint density at radius 2 is 2.10 bits per heavy atom. The van der Waals surface area contributed by atoms with E-state index in [2.05, 4.69) is 15.9 Å². The predicted octanol–water partition coefficient (Wildman–Crippen LogP) is 2.93. The summed E-state index contributed by atoms with van der Waals surface area (Å²) in [6, 6.07) is 2.06. The van der Waals surface area contributed by atoms with E-state index < -0.39 is 15.8 Å². The van der Waals surface area contributed by atoms with Gasteiger partial charge in [-0.2, -0.15) is 16.1 Å². The van der Waals surface area contributed by atoms with Crippen molar-refractivity contribution in [2.75, 3.05) is 24.8 Å². The second-order valence-corrected chi connectivity index (χ2v) is 8.26. The second kappa shape index (κ2) is 7.11. The maximum Gasteiger partial charge on any atom is 0.245 e. The minimum absolute atomic E-state index is 0.0791. The van der Waals surface area contributed by atoms with Crippen LogP contribution in [0.15, 0.2) is 21.5 Å². The first-order valence-corrected chi connectivity index (χ1v) is 9.56. The highest BCUT2D eigenvalue weighted by atomic mass is 79.9. The molecule has 0 heterocycles. The van der Waals surface area contributed by atoms with E-state index in [4.69, 9.17) is 5.73 Å². The molecule has 8 heteroatoms. The average Bonchev–Trinajstić information content (AvgIpc) is 2.38. The zero-order chi connectivity index (χ0) is 15.5. The number of rotatable bonds is 6. The van der Waals surface area contributed by atoms with Crippen molar-refractivity contribution >= 4 is 43.4 Å². The van der Waals surface area contributed by atoms with Gasteiger partial charge < -0.3 is 5.73 Å². The lowest BCUT2D eigenvalue weighted by molar-refractivity contribution is 0.382. The van der Waals surface area contributed by atoms with Crippen LogP contribution in [0.5, 0.6) is 0 Å². The zero-order valence-electron chi connectivity index (χ0n) is 11.6. The molecule has 0 saturated heterocycles. The van der Waals surface area contributed by atoms with Crippen molar-refractivity contribution in [1.29, 1.82) is 0 Å². The number of nitrogen functional groups attached to an aromatic ring is 1. The topological polar surface area (TPSA) is 63.4 Å². The molecule has 4 nitrogen and oxygen atoms in total. The number of nitrogens with two attached hydrogens (primary N) is 1. The fraction of sp³-hybridized carbons (Fsp3) is 0.500. The molecular weight excluding hydrogens is 367 g/mol. The van der Waals surface area contributed by atoms with Crippen LogP contribution in [-0.2, 0) is 10.0 Å². The molecule has 0 amide bonds. The summed E-state index contributed by atoms with van der Waals surface area (Å²) in [6.45, 7) is 1.84. The quantitative estimate of drug-likeness (QED) is 0.765. The van der Waals surface area contributed by atoms with Gasteiger partial charge >= 0.3 is 0 Å². The van der Waals surface area contributed by atoms with Gasteiger partial charge in [-0.05, 0) is 53.4 Å². The molecule has 0 saturated carbocycles. The molecule has 0 radical (unpaired) electrons. The monoisotopic (exact) mass is 384 g/mol. The molecule has 0 aromatic heterocycles. The van der Waals surface area contributed by atoms with Crippen molar-refractivity contribution in [2.45, 2.75) is 24.3 Å². The molecule has 2 N–H and O–H groups in total. The number of anilines is 1. The SMILES string of the molecule is CSCCC(C)N(C)S(=O)(=O)c1cc(Br)c(F)cc1N. The van der Waals surface area contributed by atoms with E-state index in [1.165, 1.54) is 17.4 Å². The molecule has 0 aliphatic carbocycles. The van der Waals surface area contributed by atoms with E-state index in [9.17, 15) is 12.8 Å². The summed E-state index contributed by atoms with van der Waals surface area (Å²) in [4.78, 5) is -0.0794. The Morgan fingerprint density at radius 1 is 1.50 bits per heavy atom. The lowest BCUT2D eigenvalue weighted by Crippen LogP contribution is -2.35. The molecule has 20 heavy (non-hydrogen) atoms. The fourth-order valence-electron chi connectivity index (χ4n) is 1.63. The van der Waals surface area contributed by atoms with Gasteiger partial charge in [-0.1, -0.05) is 0 Å². The number of thioether (sulfide) groups is 1. The lowest BCUT2D eigenvalue weighted by Gasteiger charge is -2.25. The molecule has 1 aromatic carbocycles. The van der Waals surface area contributed by atoms with Crippen LogP contribution in [0.4, 0.5) is 10.1 Å². The molecular formula is C12H18BrFN2O2S2. The molecule has 0 aliphatic rings. The number of hydrogen-bond donors (Lipinski definition) is 1. The number of halogens is 2. The predicted molar refractivity (Wildman–Crippen MR) is 85.9 cm³/mol. The van der Waals surface area contributed by atoms with Crippen LogP contribution in [0.1, 0.15) is 13.3 Å². The van der Waals surface area contributed by atoms with Gasteiger partial charge in [0.1, 0.15) is 10.7 Å². The minimum Gasteiger partial charge on any atom is -0.398 e. The third kappa shape index (κ3) is 3.87. The molecule has 0 spiro atoms. The highest BCUT2D eigenvalue weighted by Gasteiger charge is 2.28. The Kier molecular flexibility index (Phi) is 6.30. The summed E-state index contributed by atoms with van der Waals surface area (Å²) in [7, 11) is -2.23.